The minimum Gasteiger partial charge on any atom is -0.494 e. The van der Waals surface area contributed by atoms with Crippen LogP contribution in [0.4, 0.5) is 13.2 Å². The molecule has 0 saturated heterocycles. The van der Waals surface area contributed by atoms with Crippen molar-refractivity contribution in [3.8, 4) is 11.5 Å². The number of ketones is 1. The lowest BCUT2D eigenvalue weighted by Crippen LogP contribution is -2.19. The van der Waals surface area contributed by atoms with E-state index in [2.05, 4.69) is 4.74 Å². The zero-order valence-corrected chi connectivity index (χ0v) is 11.7. The normalized spacial score (nSPS) is 11.1. The number of alkyl halides is 3. The highest BCUT2D eigenvalue weighted by molar-refractivity contribution is 6.10. The lowest BCUT2D eigenvalue weighted by molar-refractivity contribution is -0.274. The van der Waals surface area contributed by atoms with Gasteiger partial charge in [-0.25, -0.2) is 0 Å². The average Bonchev–Trinajstić information content (AvgIpc) is 2.47. The summed E-state index contributed by atoms with van der Waals surface area (Å²) in [6.45, 7) is 2.30. The molecule has 0 fully saturated rings. The molecule has 0 bridgehead atoms. The molecule has 22 heavy (non-hydrogen) atoms. The number of rotatable bonds is 5. The minimum absolute atomic E-state index is 0.149. The smallest absolute Gasteiger partial charge is 0.494 e. The van der Waals surface area contributed by atoms with Crippen LogP contribution in [-0.2, 0) is 0 Å². The Morgan fingerprint density at radius 1 is 1.05 bits per heavy atom. The largest absolute Gasteiger partial charge is 0.573 e. The highest BCUT2D eigenvalue weighted by Gasteiger charge is 2.32. The lowest BCUT2D eigenvalue weighted by atomic mass is 10.0. The van der Waals surface area contributed by atoms with Gasteiger partial charge in [-0.1, -0.05) is 12.1 Å². The summed E-state index contributed by atoms with van der Waals surface area (Å²) in [6, 6.07) is 11.4. The van der Waals surface area contributed by atoms with Gasteiger partial charge in [0, 0.05) is 5.56 Å². The third-order valence-electron chi connectivity index (χ3n) is 2.78. The summed E-state index contributed by atoms with van der Waals surface area (Å²) in [5.41, 5.74) is 0.102. The summed E-state index contributed by atoms with van der Waals surface area (Å²) in [6.07, 6.45) is -4.85. The van der Waals surface area contributed by atoms with Crippen LogP contribution >= 0.6 is 0 Å². The molecule has 0 aliphatic rings. The van der Waals surface area contributed by atoms with E-state index in [4.69, 9.17) is 4.74 Å². The summed E-state index contributed by atoms with van der Waals surface area (Å²) < 4.78 is 46.3. The first-order valence-electron chi connectivity index (χ1n) is 6.53. The molecule has 3 nitrogen and oxygen atoms in total. The molecule has 0 unspecified atom stereocenters. The van der Waals surface area contributed by atoms with Gasteiger partial charge in [-0.15, -0.1) is 13.2 Å². The third-order valence-corrected chi connectivity index (χ3v) is 2.78. The standard InChI is InChI=1S/C16H13F3O3/c1-2-21-12-9-7-11(8-10-12)15(20)13-5-3-4-6-14(13)22-16(17,18)19/h3-10H,2H2,1H3. The Hall–Kier alpha value is -2.50. The van der Waals surface area contributed by atoms with Crippen molar-refractivity contribution in [3.05, 3.63) is 59.7 Å². The van der Waals surface area contributed by atoms with E-state index in [1.165, 1.54) is 30.3 Å². The first-order valence-corrected chi connectivity index (χ1v) is 6.53. The van der Waals surface area contributed by atoms with Gasteiger partial charge >= 0.3 is 6.36 Å². The number of halogens is 3. The zero-order valence-electron chi connectivity index (χ0n) is 11.7. The Labute approximate surface area is 125 Å². The fraction of sp³-hybridized carbons (Fsp3) is 0.188. The molecule has 0 saturated carbocycles. The quantitative estimate of drug-likeness (QED) is 0.776. The molecule has 2 rings (SSSR count). The van der Waals surface area contributed by atoms with Crippen LogP contribution < -0.4 is 9.47 Å². The molecule has 0 N–H and O–H groups in total. The number of benzene rings is 2. The lowest BCUT2D eigenvalue weighted by Gasteiger charge is -2.12. The Bertz CT molecular complexity index is 648. The van der Waals surface area contributed by atoms with Crippen molar-refractivity contribution in [1.29, 1.82) is 0 Å². The molecule has 0 aliphatic heterocycles. The maximum atomic E-state index is 12.4. The van der Waals surface area contributed by atoms with Crippen LogP contribution in [0, 0.1) is 0 Å². The fourth-order valence-electron chi connectivity index (χ4n) is 1.89. The molecule has 0 amide bonds. The van der Waals surface area contributed by atoms with Gasteiger partial charge < -0.3 is 9.47 Å². The molecule has 0 radical (unpaired) electrons. The Morgan fingerprint density at radius 2 is 1.68 bits per heavy atom. The molecule has 2 aromatic carbocycles. The molecule has 0 aromatic heterocycles. The number of hydrogen-bond acceptors (Lipinski definition) is 3. The summed E-state index contributed by atoms with van der Waals surface area (Å²) in [5, 5.41) is 0. The molecular weight excluding hydrogens is 297 g/mol. The number of para-hydroxylation sites is 1. The van der Waals surface area contributed by atoms with Crippen LogP contribution in [0.15, 0.2) is 48.5 Å². The fourth-order valence-corrected chi connectivity index (χ4v) is 1.89. The van der Waals surface area contributed by atoms with Gasteiger partial charge in [0.05, 0.1) is 12.2 Å². The number of carbonyl (C=O) groups excluding carboxylic acids is 1. The van der Waals surface area contributed by atoms with Crippen molar-refractivity contribution in [3.63, 3.8) is 0 Å². The number of carbonyl (C=O) groups is 1. The predicted molar refractivity (Wildman–Crippen MR) is 74.2 cm³/mol. The van der Waals surface area contributed by atoms with E-state index in [1.807, 2.05) is 6.92 Å². The van der Waals surface area contributed by atoms with E-state index >= 15 is 0 Å². The van der Waals surface area contributed by atoms with Crippen LogP contribution in [-0.4, -0.2) is 18.8 Å². The minimum atomic E-state index is -4.85. The van der Waals surface area contributed by atoms with Crippen molar-refractivity contribution in [2.24, 2.45) is 0 Å². The van der Waals surface area contributed by atoms with E-state index in [0.717, 1.165) is 6.07 Å². The molecule has 0 atom stereocenters. The van der Waals surface area contributed by atoms with Crippen molar-refractivity contribution < 1.29 is 27.4 Å². The van der Waals surface area contributed by atoms with Gasteiger partial charge in [-0.3, -0.25) is 4.79 Å². The molecule has 0 spiro atoms. The van der Waals surface area contributed by atoms with E-state index < -0.39 is 17.9 Å². The summed E-state index contributed by atoms with van der Waals surface area (Å²) in [4.78, 5) is 12.3. The molecule has 2 aromatic rings. The SMILES string of the molecule is CCOc1ccc(C(=O)c2ccccc2OC(F)(F)F)cc1. The Kier molecular flexibility index (Phi) is 4.70. The van der Waals surface area contributed by atoms with Gasteiger partial charge in [0.15, 0.2) is 5.78 Å². The second-order valence-corrected chi connectivity index (χ2v) is 4.33. The van der Waals surface area contributed by atoms with Crippen molar-refractivity contribution in [2.45, 2.75) is 13.3 Å². The monoisotopic (exact) mass is 310 g/mol. The van der Waals surface area contributed by atoms with Crippen LogP contribution in [0.5, 0.6) is 11.5 Å². The maximum Gasteiger partial charge on any atom is 0.573 e. The van der Waals surface area contributed by atoms with Gasteiger partial charge in [-0.2, -0.15) is 0 Å². The molecule has 6 heteroatoms. The summed E-state index contributed by atoms with van der Waals surface area (Å²) >= 11 is 0. The first-order chi connectivity index (χ1) is 10.4. The topological polar surface area (TPSA) is 35.5 Å². The highest BCUT2D eigenvalue weighted by atomic mass is 19.4. The molecular formula is C16H13F3O3. The van der Waals surface area contributed by atoms with Gasteiger partial charge in [0.25, 0.3) is 0 Å². The number of ether oxygens (including phenoxy) is 2. The van der Waals surface area contributed by atoms with Gasteiger partial charge in [0.2, 0.25) is 0 Å². The van der Waals surface area contributed by atoms with Crippen molar-refractivity contribution in [2.75, 3.05) is 6.61 Å². The van der Waals surface area contributed by atoms with E-state index in [-0.39, 0.29) is 11.1 Å². The van der Waals surface area contributed by atoms with Crippen LogP contribution in [0.2, 0.25) is 0 Å². The summed E-state index contributed by atoms with van der Waals surface area (Å²) in [7, 11) is 0. The average molecular weight is 310 g/mol. The molecule has 116 valence electrons. The van der Waals surface area contributed by atoms with Gasteiger partial charge in [-0.05, 0) is 43.3 Å². The van der Waals surface area contributed by atoms with Crippen molar-refractivity contribution in [1.82, 2.24) is 0 Å². The van der Waals surface area contributed by atoms with E-state index in [1.54, 1.807) is 12.1 Å². The number of hydrogen-bond donors (Lipinski definition) is 0. The predicted octanol–water partition coefficient (Wildman–Crippen LogP) is 4.21. The maximum absolute atomic E-state index is 12.4. The van der Waals surface area contributed by atoms with Crippen molar-refractivity contribution >= 4 is 5.78 Å². The van der Waals surface area contributed by atoms with Gasteiger partial charge in [0.1, 0.15) is 11.5 Å². The van der Waals surface area contributed by atoms with Crippen LogP contribution in [0.3, 0.4) is 0 Å². The van der Waals surface area contributed by atoms with Crippen LogP contribution in [0.1, 0.15) is 22.8 Å². The van der Waals surface area contributed by atoms with Crippen LogP contribution in [0.25, 0.3) is 0 Å². The third kappa shape index (κ3) is 4.00. The molecule has 0 aliphatic carbocycles. The highest BCUT2D eigenvalue weighted by Crippen LogP contribution is 2.28. The first kappa shape index (κ1) is 15.9. The van der Waals surface area contributed by atoms with E-state index in [9.17, 15) is 18.0 Å². The second-order valence-electron chi connectivity index (χ2n) is 4.33. The Balaban J connectivity index is 2.29. The summed E-state index contributed by atoms with van der Waals surface area (Å²) in [5.74, 6) is -0.490. The zero-order chi connectivity index (χ0) is 16.2. The molecule has 0 heterocycles. The Morgan fingerprint density at radius 3 is 2.27 bits per heavy atom. The second kappa shape index (κ2) is 6.51. The van der Waals surface area contributed by atoms with E-state index in [0.29, 0.717) is 12.4 Å².